The molecule has 5 rings (SSSR count). The fourth-order valence-corrected chi connectivity index (χ4v) is 6.29. The topological polar surface area (TPSA) is 83.4 Å². The van der Waals surface area contributed by atoms with E-state index in [0.29, 0.717) is 37.5 Å². The van der Waals surface area contributed by atoms with Gasteiger partial charge in [-0.05, 0) is 85.6 Å². The van der Waals surface area contributed by atoms with Crippen LogP contribution in [0.25, 0.3) is 10.9 Å². The predicted molar refractivity (Wildman–Crippen MR) is 148 cm³/mol. The van der Waals surface area contributed by atoms with E-state index in [2.05, 4.69) is 27.4 Å². The number of amides is 1. The van der Waals surface area contributed by atoms with Crippen LogP contribution in [-0.2, 0) is 22.7 Å². The number of rotatable bonds is 8. The van der Waals surface area contributed by atoms with Crippen molar-refractivity contribution in [1.29, 1.82) is 0 Å². The molecule has 1 unspecified atom stereocenters. The molecule has 1 aromatic heterocycles. The van der Waals surface area contributed by atoms with Gasteiger partial charge in [0.1, 0.15) is 0 Å². The maximum atomic E-state index is 13.5. The van der Waals surface area contributed by atoms with Crippen LogP contribution in [0.1, 0.15) is 52.2 Å². The van der Waals surface area contributed by atoms with Crippen LogP contribution in [0.5, 0.6) is 0 Å². The molecular formula is C29H33F3N4O3S. The van der Waals surface area contributed by atoms with Crippen molar-refractivity contribution in [3.05, 3.63) is 82.9 Å². The normalized spacial score (nSPS) is 18.9. The lowest BCUT2D eigenvalue weighted by Crippen LogP contribution is -2.32. The third-order valence-electron chi connectivity index (χ3n) is 7.94. The van der Waals surface area contributed by atoms with Gasteiger partial charge in [-0.2, -0.15) is 13.2 Å². The van der Waals surface area contributed by atoms with E-state index in [1.807, 2.05) is 12.1 Å². The molecule has 2 N–H and O–H groups in total. The summed E-state index contributed by atoms with van der Waals surface area (Å²) in [5, 5.41) is 5.25. The lowest BCUT2D eigenvalue weighted by Gasteiger charge is -2.22. The quantitative estimate of drug-likeness (QED) is 0.409. The average Bonchev–Trinajstić information content (AvgIpc) is 3.57. The van der Waals surface area contributed by atoms with Crippen molar-refractivity contribution < 1.29 is 26.4 Å². The molecule has 2 aliphatic rings. The number of sulfonamides is 1. The van der Waals surface area contributed by atoms with Gasteiger partial charge in [0.05, 0.1) is 5.56 Å². The highest BCUT2D eigenvalue weighted by molar-refractivity contribution is 7.92. The van der Waals surface area contributed by atoms with Crippen molar-refractivity contribution in [2.45, 2.75) is 37.9 Å². The molecule has 40 heavy (non-hydrogen) atoms. The van der Waals surface area contributed by atoms with Crippen LogP contribution in [0.15, 0.2) is 60.6 Å². The molecule has 0 radical (unpaired) electrons. The zero-order chi connectivity index (χ0) is 28.5. The second kappa shape index (κ2) is 11.4. The van der Waals surface area contributed by atoms with Crippen LogP contribution in [0, 0.1) is 5.92 Å². The van der Waals surface area contributed by atoms with Gasteiger partial charge in [0.15, 0.2) is 0 Å². The predicted octanol–water partition coefficient (Wildman–Crippen LogP) is 4.70. The number of halogens is 3. The van der Waals surface area contributed by atoms with E-state index in [4.69, 9.17) is 0 Å². The molecular weight excluding hydrogens is 541 g/mol. The van der Waals surface area contributed by atoms with Crippen LogP contribution < -0.4 is 10.0 Å². The number of nitrogens with one attached hydrogen (secondary N) is 2. The third kappa shape index (κ3) is 6.26. The summed E-state index contributed by atoms with van der Waals surface area (Å²) in [6.07, 6.45) is 0.346. The minimum Gasteiger partial charge on any atom is -0.343 e. The Morgan fingerprint density at radius 1 is 1.10 bits per heavy atom. The number of hydrogen-bond donors (Lipinski definition) is 2. The summed E-state index contributed by atoms with van der Waals surface area (Å²) in [4.78, 5) is 15.2. The van der Waals surface area contributed by atoms with Crippen LogP contribution in [0.3, 0.4) is 0 Å². The number of alkyl halides is 3. The monoisotopic (exact) mass is 574 g/mol. The number of piperidine rings is 1. The Morgan fingerprint density at radius 2 is 1.82 bits per heavy atom. The smallest absolute Gasteiger partial charge is 0.343 e. The first-order valence-corrected chi connectivity index (χ1v) is 15.0. The minimum absolute atomic E-state index is 0.0255. The summed E-state index contributed by atoms with van der Waals surface area (Å²) in [6.45, 7) is 6.79. The molecule has 0 spiro atoms. The van der Waals surface area contributed by atoms with E-state index in [1.165, 1.54) is 12.1 Å². The summed E-state index contributed by atoms with van der Waals surface area (Å²) >= 11 is 0. The van der Waals surface area contributed by atoms with Crippen LogP contribution in [-0.4, -0.2) is 56.5 Å². The summed E-state index contributed by atoms with van der Waals surface area (Å²) in [7, 11) is -3.51. The second-order valence-electron chi connectivity index (χ2n) is 10.6. The van der Waals surface area contributed by atoms with Gasteiger partial charge in [-0.25, -0.2) is 13.1 Å². The molecule has 0 aliphatic carbocycles. The van der Waals surface area contributed by atoms with Gasteiger partial charge in [0.2, 0.25) is 10.0 Å². The molecule has 2 aromatic carbocycles. The molecule has 3 aromatic rings. The maximum absolute atomic E-state index is 13.5. The molecule has 2 saturated heterocycles. The van der Waals surface area contributed by atoms with Gasteiger partial charge < -0.3 is 14.8 Å². The number of carbonyl (C=O) groups is 1. The van der Waals surface area contributed by atoms with Crippen molar-refractivity contribution in [2.24, 2.45) is 5.92 Å². The van der Waals surface area contributed by atoms with E-state index < -0.39 is 21.8 Å². The lowest BCUT2D eigenvalue weighted by molar-refractivity contribution is -0.137. The van der Waals surface area contributed by atoms with E-state index in [0.717, 1.165) is 65.5 Å². The van der Waals surface area contributed by atoms with Gasteiger partial charge in [-0.15, -0.1) is 0 Å². The zero-order valence-electron chi connectivity index (χ0n) is 22.1. The van der Waals surface area contributed by atoms with Crippen molar-refractivity contribution in [2.75, 3.05) is 32.7 Å². The Balaban J connectivity index is 1.39. The highest BCUT2D eigenvalue weighted by Gasteiger charge is 2.30. The molecule has 2 aliphatic heterocycles. The van der Waals surface area contributed by atoms with E-state index in [-0.39, 0.29) is 18.4 Å². The standard InChI is InChI=1S/C29H33F3N4O3S/c1-2-40(38,39)34-16-21-11-14-35(18-21)28(37)23-5-8-27-25(15-23)26(22-9-12-33-13-10-22)19-36(27)17-20-3-6-24(7-4-20)29(30,31)32/h2-8,15,19,21-22,33-34H,1,9-14,16-18H2. The van der Waals surface area contributed by atoms with E-state index >= 15 is 0 Å². The summed E-state index contributed by atoms with van der Waals surface area (Å²) in [5.41, 5.74) is 2.74. The Bertz CT molecular complexity index is 1490. The number of fused-ring (bicyclic) bond motifs is 1. The van der Waals surface area contributed by atoms with Gasteiger partial charge in [-0.3, -0.25) is 4.79 Å². The SMILES string of the molecule is C=CS(=O)(=O)NCC1CCN(C(=O)c2ccc3c(c2)c(C2CCNCC2)cn3Cc2ccc(C(F)(F)F)cc2)C1. The molecule has 214 valence electrons. The Hall–Kier alpha value is -3.15. The zero-order valence-corrected chi connectivity index (χ0v) is 22.9. The number of benzene rings is 2. The molecule has 0 bridgehead atoms. The maximum Gasteiger partial charge on any atom is 0.416 e. The van der Waals surface area contributed by atoms with Crippen LogP contribution >= 0.6 is 0 Å². The molecule has 7 nitrogen and oxygen atoms in total. The Labute approximate surface area is 232 Å². The number of carbonyl (C=O) groups excluding carboxylic acids is 1. The number of nitrogens with zero attached hydrogens (tertiary/aromatic N) is 2. The lowest BCUT2D eigenvalue weighted by atomic mass is 9.89. The van der Waals surface area contributed by atoms with Crippen molar-refractivity contribution in [1.82, 2.24) is 19.5 Å². The summed E-state index contributed by atoms with van der Waals surface area (Å²) in [6, 6.07) is 10.9. The fraction of sp³-hybridized carbons (Fsp3) is 0.414. The highest BCUT2D eigenvalue weighted by Crippen LogP contribution is 2.35. The van der Waals surface area contributed by atoms with E-state index in [9.17, 15) is 26.4 Å². The van der Waals surface area contributed by atoms with Crippen LogP contribution in [0.2, 0.25) is 0 Å². The molecule has 11 heteroatoms. The fourth-order valence-electron chi connectivity index (χ4n) is 5.70. The van der Waals surface area contributed by atoms with Crippen molar-refractivity contribution >= 4 is 26.8 Å². The second-order valence-corrected chi connectivity index (χ2v) is 12.3. The van der Waals surface area contributed by atoms with Gasteiger partial charge in [0.25, 0.3) is 5.91 Å². The minimum atomic E-state index is -4.38. The first kappa shape index (κ1) is 28.4. The van der Waals surface area contributed by atoms with Gasteiger partial charge >= 0.3 is 6.18 Å². The Morgan fingerprint density at radius 3 is 2.50 bits per heavy atom. The first-order valence-electron chi connectivity index (χ1n) is 13.4. The number of aromatic nitrogens is 1. The molecule has 1 atom stereocenters. The number of likely N-dealkylation sites (tertiary alicyclic amines) is 1. The summed E-state index contributed by atoms with van der Waals surface area (Å²) in [5.74, 6) is 0.247. The number of hydrogen-bond acceptors (Lipinski definition) is 4. The largest absolute Gasteiger partial charge is 0.416 e. The first-order chi connectivity index (χ1) is 19.0. The highest BCUT2D eigenvalue weighted by atomic mass is 32.2. The summed E-state index contributed by atoms with van der Waals surface area (Å²) < 4.78 is 67.0. The van der Waals surface area contributed by atoms with Crippen LogP contribution in [0.4, 0.5) is 13.2 Å². The Kier molecular flexibility index (Phi) is 8.08. The molecule has 3 heterocycles. The van der Waals surface area contributed by atoms with Gasteiger partial charge in [0, 0.05) is 54.3 Å². The van der Waals surface area contributed by atoms with Gasteiger partial charge in [-0.1, -0.05) is 18.7 Å². The average molecular weight is 575 g/mol. The van der Waals surface area contributed by atoms with Crippen molar-refractivity contribution in [3.8, 4) is 0 Å². The van der Waals surface area contributed by atoms with Crippen molar-refractivity contribution in [3.63, 3.8) is 0 Å². The third-order valence-corrected chi connectivity index (χ3v) is 8.95. The molecule has 0 saturated carbocycles. The molecule has 2 fully saturated rings. The van der Waals surface area contributed by atoms with E-state index in [1.54, 1.807) is 11.0 Å². The molecule has 1 amide bonds.